The van der Waals surface area contributed by atoms with Gasteiger partial charge >= 0.3 is 0 Å². The maximum absolute atomic E-state index is 11.6. The summed E-state index contributed by atoms with van der Waals surface area (Å²) in [6.07, 6.45) is 0.627. The Morgan fingerprint density at radius 3 is 3.12 bits per heavy atom. The van der Waals surface area contributed by atoms with E-state index in [4.69, 9.17) is 5.53 Å². The highest BCUT2D eigenvalue weighted by Crippen LogP contribution is 1.97. The summed E-state index contributed by atoms with van der Waals surface area (Å²) >= 11 is 0. The van der Waals surface area contributed by atoms with Crippen molar-refractivity contribution < 1.29 is 4.79 Å². The van der Waals surface area contributed by atoms with Gasteiger partial charge in [-0.15, -0.1) is 0 Å². The second kappa shape index (κ2) is 6.42. The lowest BCUT2D eigenvalue weighted by Crippen LogP contribution is -2.25. The van der Waals surface area contributed by atoms with E-state index < -0.39 is 0 Å². The molecule has 0 saturated heterocycles. The van der Waals surface area contributed by atoms with Crippen molar-refractivity contribution in [3.8, 4) is 0 Å². The Labute approximate surface area is 93.3 Å². The summed E-state index contributed by atoms with van der Waals surface area (Å²) in [4.78, 5) is 18.3. The standard InChI is InChI=1S/C10H13N5O/c1-8-4-2-5-9(14-8)10(16)12-6-3-7-13-15-11/h2,4-5H,3,6-7H2,1H3,(H,12,16). The number of hydrogen-bond acceptors (Lipinski definition) is 3. The van der Waals surface area contributed by atoms with Crippen molar-refractivity contribution in [1.29, 1.82) is 0 Å². The molecule has 0 aliphatic heterocycles. The Hall–Kier alpha value is -2.07. The molecule has 0 bridgehead atoms. The zero-order chi connectivity index (χ0) is 11.8. The van der Waals surface area contributed by atoms with E-state index in [0.29, 0.717) is 25.2 Å². The fourth-order valence-electron chi connectivity index (χ4n) is 1.16. The van der Waals surface area contributed by atoms with E-state index in [-0.39, 0.29) is 5.91 Å². The third kappa shape index (κ3) is 3.98. The number of nitrogens with zero attached hydrogens (tertiary/aromatic N) is 4. The monoisotopic (exact) mass is 219 g/mol. The molecule has 1 heterocycles. The van der Waals surface area contributed by atoms with E-state index in [2.05, 4.69) is 20.3 Å². The molecule has 6 nitrogen and oxygen atoms in total. The molecule has 1 N–H and O–H groups in total. The molecule has 0 atom stereocenters. The Morgan fingerprint density at radius 2 is 2.44 bits per heavy atom. The summed E-state index contributed by atoms with van der Waals surface area (Å²) in [7, 11) is 0. The first kappa shape index (κ1) is 12.0. The quantitative estimate of drug-likeness (QED) is 0.354. The maximum atomic E-state index is 11.6. The second-order valence-electron chi connectivity index (χ2n) is 3.23. The van der Waals surface area contributed by atoms with Crippen molar-refractivity contribution in [2.24, 2.45) is 5.11 Å². The van der Waals surface area contributed by atoms with E-state index in [1.54, 1.807) is 12.1 Å². The molecule has 6 heteroatoms. The van der Waals surface area contributed by atoms with Crippen LogP contribution in [0.25, 0.3) is 10.4 Å². The van der Waals surface area contributed by atoms with Crippen molar-refractivity contribution >= 4 is 5.91 Å². The Balaban J connectivity index is 2.38. The maximum Gasteiger partial charge on any atom is 0.269 e. The molecule has 1 aromatic heterocycles. The first-order chi connectivity index (χ1) is 7.74. The highest BCUT2D eigenvalue weighted by atomic mass is 16.1. The van der Waals surface area contributed by atoms with Gasteiger partial charge in [0.2, 0.25) is 0 Å². The van der Waals surface area contributed by atoms with Gasteiger partial charge < -0.3 is 5.32 Å². The normalized spacial score (nSPS) is 9.31. The van der Waals surface area contributed by atoms with Crippen molar-refractivity contribution in [2.75, 3.05) is 13.1 Å². The number of aryl methyl sites for hydroxylation is 1. The lowest BCUT2D eigenvalue weighted by atomic mass is 10.3. The van der Waals surface area contributed by atoms with Crippen LogP contribution in [-0.4, -0.2) is 24.0 Å². The molecule has 0 radical (unpaired) electrons. The molecule has 0 unspecified atom stereocenters. The molecule has 0 aliphatic carbocycles. The van der Waals surface area contributed by atoms with Gasteiger partial charge in [-0.1, -0.05) is 11.2 Å². The first-order valence-electron chi connectivity index (χ1n) is 4.97. The summed E-state index contributed by atoms with van der Waals surface area (Å²) in [6, 6.07) is 5.28. The van der Waals surface area contributed by atoms with Crippen molar-refractivity contribution in [3.05, 3.63) is 40.0 Å². The molecule has 0 aliphatic rings. The largest absolute Gasteiger partial charge is 0.351 e. The molecule has 84 valence electrons. The SMILES string of the molecule is Cc1cccc(C(=O)NCCCN=[N+]=[N-])n1. The average Bonchev–Trinajstić information content (AvgIpc) is 2.28. The molecule has 1 rings (SSSR count). The van der Waals surface area contributed by atoms with Crippen LogP contribution < -0.4 is 5.32 Å². The van der Waals surface area contributed by atoms with Gasteiger partial charge in [0.15, 0.2) is 0 Å². The Bertz CT molecular complexity index is 411. The zero-order valence-corrected chi connectivity index (χ0v) is 9.05. The van der Waals surface area contributed by atoms with Gasteiger partial charge in [0.1, 0.15) is 5.69 Å². The van der Waals surface area contributed by atoms with Crippen LogP contribution in [-0.2, 0) is 0 Å². The molecule has 0 aromatic carbocycles. The van der Waals surface area contributed by atoms with E-state index in [0.717, 1.165) is 5.69 Å². The summed E-state index contributed by atoms with van der Waals surface area (Å²) in [5.74, 6) is -0.204. The van der Waals surface area contributed by atoms with Crippen LogP contribution in [0, 0.1) is 6.92 Å². The highest BCUT2D eigenvalue weighted by Gasteiger charge is 2.05. The molecular formula is C10H13N5O. The van der Waals surface area contributed by atoms with Gasteiger partial charge in [0, 0.05) is 23.7 Å². The van der Waals surface area contributed by atoms with E-state index in [1.807, 2.05) is 13.0 Å². The number of rotatable bonds is 5. The molecule has 1 aromatic rings. The van der Waals surface area contributed by atoms with Crippen LogP contribution in [0.1, 0.15) is 22.6 Å². The molecule has 16 heavy (non-hydrogen) atoms. The van der Waals surface area contributed by atoms with Crippen LogP contribution in [0.4, 0.5) is 0 Å². The number of pyridine rings is 1. The zero-order valence-electron chi connectivity index (χ0n) is 9.05. The topological polar surface area (TPSA) is 90.8 Å². The summed E-state index contributed by atoms with van der Waals surface area (Å²) in [6.45, 7) is 2.70. The average molecular weight is 219 g/mol. The first-order valence-corrected chi connectivity index (χ1v) is 4.97. The van der Waals surface area contributed by atoms with Crippen molar-refractivity contribution in [1.82, 2.24) is 10.3 Å². The number of carbonyl (C=O) groups excluding carboxylic acids is 1. The number of nitrogens with one attached hydrogen (secondary N) is 1. The number of hydrogen-bond donors (Lipinski definition) is 1. The predicted octanol–water partition coefficient (Wildman–Crippen LogP) is 1.82. The Kier molecular flexibility index (Phi) is 4.82. The van der Waals surface area contributed by atoms with Gasteiger partial charge in [-0.3, -0.25) is 4.79 Å². The van der Waals surface area contributed by atoms with Crippen LogP contribution in [0.15, 0.2) is 23.3 Å². The van der Waals surface area contributed by atoms with Gasteiger partial charge in [0.25, 0.3) is 5.91 Å². The lowest BCUT2D eigenvalue weighted by Gasteiger charge is -2.03. The third-order valence-corrected chi connectivity index (χ3v) is 1.90. The number of aromatic nitrogens is 1. The minimum atomic E-state index is -0.204. The molecule has 0 fully saturated rings. The van der Waals surface area contributed by atoms with Crippen molar-refractivity contribution in [3.63, 3.8) is 0 Å². The van der Waals surface area contributed by atoms with Gasteiger partial charge in [0.05, 0.1) is 0 Å². The number of azide groups is 1. The summed E-state index contributed by atoms with van der Waals surface area (Å²) in [5, 5.41) is 6.07. The number of amides is 1. The fraction of sp³-hybridized carbons (Fsp3) is 0.400. The predicted molar refractivity (Wildman–Crippen MR) is 59.9 cm³/mol. The van der Waals surface area contributed by atoms with Crippen molar-refractivity contribution in [2.45, 2.75) is 13.3 Å². The molecule has 1 amide bonds. The van der Waals surface area contributed by atoms with Crippen LogP contribution >= 0.6 is 0 Å². The van der Waals surface area contributed by atoms with E-state index in [9.17, 15) is 4.79 Å². The highest BCUT2D eigenvalue weighted by molar-refractivity contribution is 5.92. The van der Waals surface area contributed by atoms with Gasteiger partial charge in [-0.05, 0) is 31.0 Å². The van der Waals surface area contributed by atoms with Crippen LogP contribution in [0.2, 0.25) is 0 Å². The Morgan fingerprint density at radius 1 is 1.62 bits per heavy atom. The summed E-state index contributed by atoms with van der Waals surface area (Å²) < 4.78 is 0. The minimum absolute atomic E-state index is 0.204. The minimum Gasteiger partial charge on any atom is -0.351 e. The summed E-state index contributed by atoms with van der Waals surface area (Å²) in [5.41, 5.74) is 9.26. The van der Waals surface area contributed by atoms with Gasteiger partial charge in [-0.25, -0.2) is 4.98 Å². The van der Waals surface area contributed by atoms with E-state index >= 15 is 0 Å². The molecule has 0 saturated carbocycles. The fourth-order valence-corrected chi connectivity index (χ4v) is 1.16. The van der Waals surface area contributed by atoms with E-state index in [1.165, 1.54) is 0 Å². The van der Waals surface area contributed by atoms with Crippen LogP contribution in [0.5, 0.6) is 0 Å². The third-order valence-electron chi connectivity index (χ3n) is 1.90. The van der Waals surface area contributed by atoms with Crippen LogP contribution in [0.3, 0.4) is 0 Å². The smallest absolute Gasteiger partial charge is 0.269 e. The number of carbonyl (C=O) groups is 1. The second-order valence-corrected chi connectivity index (χ2v) is 3.23. The lowest BCUT2D eigenvalue weighted by molar-refractivity contribution is 0.0948. The molecular weight excluding hydrogens is 206 g/mol. The molecule has 0 spiro atoms. The van der Waals surface area contributed by atoms with Gasteiger partial charge in [-0.2, -0.15) is 0 Å².